The smallest absolute Gasteiger partial charge is 0.341 e. The molecule has 0 bridgehead atoms. The molecule has 0 atom stereocenters. The Morgan fingerprint density at radius 1 is 0.857 bits per heavy atom. The topological polar surface area (TPSA) is 48.4 Å². The summed E-state index contributed by atoms with van der Waals surface area (Å²) in [6, 6.07) is 27.2. The lowest BCUT2D eigenvalue weighted by Crippen LogP contribution is -2.07. The Bertz CT molecular complexity index is 1120. The highest BCUT2D eigenvalue weighted by molar-refractivity contribution is 5.95. The van der Waals surface area contributed by atoms with Gasteiger partial charge in [-0.3, -0.25) is 0 Å². The van der Waals surface area contributed by atoms with E-state index in [2.05, 4.69) is 4.98 Å². The lowest BCUT2D eigenvalue weighted by Gasteiger charge is -2.15. The van der Waals surface area contributed by atoms with Gasteiger partial charge in [0.25, 0.3) is 0 Å². The fourth-order valence-electron chi connectivity index (χ4n) is 3.14. The van der Waals surface area contributed by atoms with Gasteiger partial charge >= 0.3 is 5.97 Å². The first-order valence-electron chi connectivity index (χ1n) is 9.00. The van der Waals surface area contributed by atoms with Crippen LogP contribution in [-0.2, 0) is 11.3 Å². The van der Waals surface area contributed by atoms with Gasteiger partial charge in [0, 0.05) is 10.9 Å². The number of carbonyl (C=O) groups is 1. The summed E-state index contributed by atoms with van der Waals surface area (Å²) < 4.78 is 11.1. The Balaban J connectivity index is 1.71. The van der Waals surface area contributed by atoms with Crippen LogP contribution >= 0.6 is 0 Å². The number of rotatable bonds is 5. The van der Waals surface area contributed by atoms with Gasteiger partial charge in [0.1, 0.15) is 17.9 Å². The van der Waals surface area contributed by atoms with Gasteiger partial charge in [-0.2, -0.15) is 0 Å². The van der Waals surface area contributed by atoms with Crippen LogP contribution in [0.1, 0.15) is 16.1 Å². The number of hydrogen-bond acceptors (Lipinski definition) is 4. The van der Waals surface area contributed by atoms with Crippen LogP contribution in [0.4, 0.5) is 0 Å². The summed E-state index contributed by atoms with van der Waals surface area (Å²) in [4.78, 5) is 16.9. The van der Waals surface area contributed by atoms with Crippen molar-refractivity contribution in [2.75, 3.05) is 7.11 Å². The Morgan fingerprint density at radius 3 is 2.46 bits per heavy atom. The minimum absolute atomic E-state index is 0.249. The van der Waals surface area contributed by atoms with Crippen LogP contribution in [0.3, 0.4) is 0 Å². The number of hydrogen-bond donors (Lipinski definition) is 0. The van der Waals surface area contributed by atoms with Gasteiger partial charge < -0.3 is 9.47 Å². The first kappa shape index (κ1) is 17.7. The molecule has 1 heterocycles. The molecular formula is C24H19NO3. The standard InChI is InChI=1S/C24H19NO3/c1-27-24(26)21-12-7-11-20(17-8-3-2-4-9-17)23(21)28-16-19-15-14-18-10-5-6-13-22(18)25-19/h2-15H,16H2,1H3. The molecule has 4 aromatic rings. The SMILES string of the molecule is COC(=O)c1cccc(-c2ccccc2)c1OCc1ccc2ccccc2n1. The summed E-state index contributed by atoms with van der Waals surface area (Å²) in [5.41, 5.74) is 3.90. The molecule has 0 aliphatic heterocycles. The van der Waals surface area contributed by atoms with E-state index in [1.54, 1.807) is 6.07 Å². The number of fused-ring (bicyclic) bond motifs is 1. The van der Waals surface area contributed by atoms with Crippen molar-refractivity contribution in [3.05, 3.63) is 96.2 Å². The van der Waals surface area contributed by atoms with Crippen molar-refractivity contribution >= 4 is 16.9 Å². The van der Waals surface area contributed by atoms with E-state index in [-0.39, 0.29) is 6.61 Å². The molecule has 1 aromatic heterocycles. The van der Waals surface area contributed by atoms with E-state index in [1.165, 1.54) is 7.11 Å². The highest BCUT2D eigenvalue weighted by atomic mass is 16.5. The molecule has 0 unspecified atom stereocenters. The highest BCUT2D eigenvalue weighted by Crippen LogP contribution is 2.34. The second-order valence-corrected chi connectivity index (χ2v) is 6.32. The van der Waals surface area contributed by atoms with Crippen LogP contribution in [0.25, 0.3) is 22.0 Å². The molecule has 138 valence electrons. The molecule has 4 heteroatoms. The zero-order valence-electron chi connectivity index (χ0n) is 15.5. The van der Waals surface area contributed by atoms with Gasteiger partial charge in [-0.15, -0.1) is 0 Å². The Morgan fingerprint density at radius 2 is 1.64 bits per heavy atom. The molecule has 0 radical (unpaired) electrons. The molecule has 28 heavy (non-hydrogen) atoms. The van der Waals surface area contributed by atoms with Crippen LogP contribution in [0, 0.1) is 0 Å². The molecule has 0 saturated heterocycles. The maximum atomic E-state index is 12.3. The van der Waals surface area contributed by atoms with Gasteiger partial charge in [-0.05, 0) is 23.8 Å². The number of carbonyl (C=O) groups excluding carboxylic acids is 1. The van der Waals surface area contributed by atoms with Crippen LogP contribution < -0.4 is 4.74 Å². The van der Waals surface area contributed by atoms with E-state index in [0.717, 1.165) is 27.7 Å². The second-order valence-electron chi connectivity index (χ2n) is 6.32. The Hall–Kier alpha value is -3.66. The van der Waals surface area contributed by atoms with E-state index < -0.39 is 5.97 Å². The van der Waals surface area contributed by atoms with Crippen molar-refractivity contribution in [2.45, 2.75) is 6.61 Å². The van der Waals surface area contributed by atoms with E-state index in [9.17, 15) is 4.79 Å². The fraction of sp³-hybridized carbons (Fsp3) is 0.0833. The predicted octanol–water partition coefficient (Wildman–Crippen LogP) is 5.27. The summed E-state index contributed by atoms with van der Waals surface area (Å²) in [5, 5.41) is 1.08. The first-order valence-corrected chi connectivity index (χ1v) is 9.00. The van der Waals surface area contributed by atoms with Gasteiger partial charge in [-0.1, -0.05) is 66.7 Å². The summed E-state index contributed by atoms with van der Waals surface area (Å²) in [5.74, 6) is 0.0646. The maximum absolute atomic E-state index is 12.3. The van der Waals surface area contributed by atoms with Gasteiger partial charge in [-0.25, -0.2) is 9.78 Å². The maximum Gasteiger partial charge on any atom is 0.341 e. The molecule has 0 N–H and O–H groups in total. The lowest BCUT2D eigenvalue weighted by atomic mass is 10.0. The zero-order chi connectivity index (χ0) is 19.3. The quantitative estimate of drug-likeness (QED) is 0.450. The third kappa shape index (κ3) is 3.58. The number of esters is 1. The molecule has 0 saturated carbocycles. The third-order valence-corrected chi connectivity index (χ3v) is 4.53. The second kappa shape index (κ2) is 7.92. The molecule has 0 spiro atoms. The number of nitrogens with zero attached hydrogens (tertiary/aromatic N) is 1. The Kier molecular flexibility index (Phi) is 5.02. The number of methoxy groups -OCH3 is 1. The number of para-hydroxylation sites is 2. The monoisotopic (exact) mass is 369 g/mol. The van der Waals surface area contributed by atoms with E-state index in [4.69, 9.17) is 9.47 Å². The molecule has 0 amide bonds. The lowest BCUT2D eigenvalue weighted by molar-refractivity contribution is 0.0595. The fourth-order valence-corrected chi connectivity index (χ4v) is 3.14. The van der Waals surface area contributed by atoms with Crippen molar-refractivity contribution in [1.29, 1.82) is 0 Å². The van der Waals surface area contributed by atoms with E-state index >= 15 is 0 Å². The summed E-state index contributed by atoms with van der Waals surface area (Å²) in [6.45, 7) is 0.249. The zero-order valence-corrected chi connectivity index (χ0v) is 15.5. The molecule has 4 rings (SSSR count). The number of benzene rings is 3. The van der Waals surface area contributed by atoms with Crippen LogP contribution in [0.5, 0.6) is 5.75 Å². The average Bonchev–Trinajstić information content (AvgIpc) is 2.77. The molecule has 0 aliphatic rings. The minimum Gasteiger partial charge on any atom is -0.486 e. The summed E-state index contributed by atoms with van der Waals surface area (Å²) in [7, 11) is 1.37. The van der Waals surface area contributed by atoms with Crippen molar-refractivity contribution in [3.63, 3.8) is 0 Å². The normalized spacial score (nSPS) is 10.6. The number of pyridine rings is 1. The average molecular weight is 369 g/mol. The minimum atomic E-state index is -0.431. The van der Waals surface area contributed by atoms with Crippen LogP contribution in [-0.4, -0.2) is 18.1 Å². The molecule has 0 fully saturated rings. The number of ether oxygens (including phenoxy) is 2. The number of aromatic nitrogens is 1. The first-order chi connectivity index (χ1) is 13.8. The summed E-state index contributed by atoms with van der Waals surface area (Å²) >= 11 is 0. The van der Waals surface area contributed by atoms with Gasteiger partial charge in [0.15, 0.2) is 0 Å². The molecular weight excluding hydrogens is 350 g/mol. The molecule has 0 aliphatic carbocycles. The highest BCUT2D eigenvalue weighted by Gasteiger charge is 2.18. The molecule has 4 nitrogen and oxygen atoms in total. The Labute approximate surface area is 163 Å². The van der Waals surface area contributed by atoms with Gasteiger partial charge in [0.2, 0.25) is 0 Å². The summed E-state index contributed by atoms with van der Waals surface area (Å²) in [6.07, 6.45) is 0. The van der Waals surface area contributed by atoms with Crippen molar-refractivity contribution < 1.29 is 14.3 Å². The largest absolute Gasteiger partial charge is 0.486 e. The van der Waals surface area contributed by atoms with E-state index in [1.807, 2.05) is 78.9 Å². The van der Waals surface area contributed by atoms with Crippen LogP contribution in [0.15, 0.2) is 84.9 Å². The third-order valence-electron chi connectivity index (χ3n) is 4.53. The van der Waals surface area contributed by atoms with Crippen LogP contribution in [0.2, 0.25) is 0 Å². The molecule has 3 aromatic carbocycles. The van der Waals surface area contributed by atoms with Crippen molar-refractivity contribution in [1.82, 2.24) is 4.98 Å². The van der Waals surface area contributed by atoms with E-state index in [0.29, 0.717) is 11.3 Å². The van der Waals surface area contributed by atoms with Gasteiger partial charge in [0.05, 0.1) is 18.3 Å². The van der Waals surface area contributed by atoms with Crippen molar-refractivity contribution in [3.8, 4) is 16.9 Å². The van der Waals surface area contributed by atoms with Crippen molar-refractivity contribution in [2.24, 2.45) is 0 Å². The predicted molar refractivity (Wildman–Crippen MR) is 109 cm³/mol.